The van der Waals surface area contributed by atoms with Crippen LogP contribution in [0.15, 0.2) is 24.3 Å². The zero-order valence-corrected chi connectivity index (χ0v) is 16.2. The van der Waals surface area contributed by atoms with E-state index in [4.69, 9.17) is 16.3 Å². The Morgan fingerprint density at radius 2 is 1.89 bits per heavy atom. The Balaban J connectivity index is 1.61. The number of benzene rings is 1. The van der Waals surface area contributed by atoms with Crippen LogP contribution in [0, 0.1) is 6.92 Å². The first-order valence-corrected chi connectivity index (χ1v) is 9.04. The highest BCUT2D eigenvalue weighted by atomic mass is 35.5. The molecule has 0 saturated carbocycles. The molecule has 152 valence electrons. The third-order valence-electron chi connectivity index (χ3n) is 4.69. The van der Waals surface area contributed by atoms with Gasteiger partial charge in [0.1, 0.15) is 12.3 Å². The van der Waals surface area contributed by atoms with Crippen molar-refractivity contribution in [1.82, 2.24) is 14.7 Å². The molecule has 6 nitrogen and oxygen atoms in total. The van der Waals surface area contributed by atoms with Crippen molar-refractivity contribution in [3.8, 4) is 5.75 Å². The van der Waals surface area contributed by atoms with Gasteiger partial charge in [-0.1, -0.05) is 11.6 Å². The fraction of sp³-hybridized carbons (Fsp3) is 0.444. The van der Waals surface area contributed by atoms with Gasteiger partial charge >= 0.3 is 6.18 Å². The number of halogens is 4. The second-order valence-corrected chi connectivity index (χ2v) is 6.92. The molecule has 1 aliphatic heterocycles. The Hall–Kier alpha value is -2.42. The highest BCUT2D eigenvalue weighted by Gasteiger charge is 2.34. The van der Waals surface area contributed by atoms with E-state index in [0.29, 0.717) is 42.6 Å². The van der Waals surface area contributed by atoms with Crippen LogP contribution in [0.4, 0.5) is 18.9 Å². The number of alkyl halides is 3. The smallest absolute Gasteiger partial charge is 0.435 e. The lowest BCUT2D eigenvalue weighted by molar-refractivity contribution is -0.142. The van der Waals surface area contributed by atoms with Gasteiger partial charge in [-0.15, -0.1) is 0 Å². The second kappa shape index (κ2) is 7.90. The molecule has 10 heteroatoms. The van der Waals surface area contributed by atoms with E-state index < -0.39 is 11.9 Å². The first-order valence-electron chi connectivity index (χ1n) is 8.67. The van der Waals surface area contributed by atoms with Crippen LogP contribution < -0.4 is 9.64 Å². The molecule has 0 aliphatic carbocycles. The van der Waals surface area contributed by atoms with Crippen molar-refractivity contribution < 1.29 is 22.7 Å². The summed E-state index contributed by atoms with van der Waals surface area (Å²) in [6, 6.07) is 6.42. The number of amides is 1. The Morgan fingerprint density at radius 1 is 1.21 bits per heavy atom. The third-order valence-corrected chi connectivity index (χ3v) is 5.00. The van der Waals surface area contributed by atoms with E-state index >= 15 is 0 Å². The Bertz CT molecular complexity index is 861. The number of hydrogen-bond donors (Lipinski definition) is 0. The van der Waals surface area contributed by atoms with Gasteiger partial charge in [0.05, 0.1) is 12.1 Å². The molecule has 0 bridgehead atoms. The molecule has 0 spiro atoms. The number of piperazine rings is 1. The van der Waals surface area contributed by atoms with Gasteiger partial charge in [0, 0.05) is 43.6 Å². The van der Waals surface area contributed by atoms with E-state index in [9.17, 15) is 18.0 Å². The molecule has 3 rings (SSSR count). The molecule has 0 unspecified atom stereocenters. The molecule has 0 atom stereocenters. The largest absolute Gasteiger partial charge is 0.495 e. The van der Waals surface area contributed by atoms with Crippen molar-refractivity contribution in [2.24, 2.45) is 0 Å². The zero-order valence-electron chi connectivity index (χ0n) is 15.5. The van der Waals surface area contributed by atoms with Gasteiger partial charge < -0.3 is 14.5 Å². The molecule has 1 amide bonds. The molecule has 0 N–H and O–H groups in total. The van der Waals surface area contributed by atoms with Crippen LogP contribution >= 0.6 is 11.6 Å². The number of carbonyl (C=O) groups excluding carboxylic acids is 1. The van der Waals surface area contributed by atoms with E-state index in [1.807, 2.05) is 12.1 Å². The van der Waals surface area contributed by atoms with Crippen LogP contribution in [0.5, 0.6) is 5.75 Å². The fourth-order valence-corrected chi connectivity index (χ4v) is 3.29. The summed E-state index contributed by atoms with van der Waals surface area (Å²) in [6.45, 7) is 3.43. The van der Waals surface area contributed by atoms with Crippen LogP contribution in [-0.2, 0) is 17.5 Å². The standard InChI is InChI=1S/C18H20ClF3N4O2/c1-12-9-16(18(20,21)22)23-26(12)11-17(27)25-7-5-24(6-8-25)13-3-4-14(19)15(10-13)28-2/h3-4,9-10H,5-8,11H2,1-2H3. The number of methoxy groups -OCH3 is 1. The van der Waals surface area contributed by atoms with Crippen molar-refractivity contribution in [3.05, 3.63) is 40.7 Å². The number of rotatable bonds is 4. The molecule has 2 heterocycles. The Labute approximate surface area is 165 Å². The molecule has 1 aromatic heterocycles. The van der Waals surface area contributed by atoms with E-state index in [1.165, 1.54) is 6.92 Å². The van der Waals surface area contributed by atoms with Gasteiger partial charge in [-0.3, -0.25) is 9.48 Å². The molecule has 1 aliphatic rings. The number of nitrogens with zero attached hydrogens (tertiary/aromatic N) is 4. The minimum atomic E-state index is -4.52. The average Bonchev–Trinajstić information content (AvgIpc) is 3.03. The van der Waals surface area contributed by atoms with Crippen LogP contribution in [0.2, 0.25) is 5.02 Å². The number of aromatic nitrogens is 2. The van der Waals surface area contributed by atoms with Gasteiger partial charge in [-0.2, -0.15) is 18.3 Å². The van der Waals surface area contributed by atoms with E-state index in [-0.39, 0.29) is 12.5 Å². The predicted octanol–water partition coefficient (Wildman–Crippen LogP) is 3.22. The van der Waals surface area contributed by atoms with Gasteiger partial charge in [-0.25, -0.2) is 0 Å². The summed E-state index contributed by atoms with van der Waals surface area (Å²) in [5.74, 6) is 0.320. The normalized spacial score (nSPS) is 15.1. The maximum absolute atomic E-state index is 12.8. The number of anilines is 1. The first-order chi connectivity index (χ1) is 13.2. The van der Waals surface area contributed by atoms with Crippen molar-refractivity contribution in [3.63, 3.8) is 0 Å². The lowest BCUT2D eigenvalue weighted by Gasteiger charge is -2.36. The monoisotopic (exact) mass is 416 g/mol. The van der Waals surface area contributed by atoms with E-state index in [1.54, 1.807) is 18.1 Å². The minimum Gasteiger partial charge on any atom is -0.495 e. The number of ether oxygens (including phenoxy) is 1. The van der Waals surface area contributed by atoms with Crippen molar-refractivity contribution in [2.75, 3.05) is 38.2 Å². The minimum absolute atomic E-state index is 0.212. The van der Waals surface area contributed by atoms with Crippen LogP contribution in [0.3, 0.4) is 0 Å². The van der Waals surface area contributed by atoms with Gasteiger partial charge in [0.15, 0.2) is 5.69 Å². The van der Waals surface area contributed by atoms with Crippen molar-refractivity contribution in [2.45, 2.75) is 19.6 Å². The molecule has 1 fully saturated rings. The van der Waals surface area contributed by atoms with Gasteiger partial charge in [-0.05, 0) is 25.1 Å². The average molecular weight is 417 g/mol. The molecule has 0 radical (unpaired) electrons. The second-order valence-electron chi connectivity index (χ2n) is 6.51. The maximum Gasteiger partial charge on any atom is 0.435 e. The van der Waals surface area contributed by atoms with Crippen molar-refractivity contribution in [1.29, 1.82) is 0 Å². The van der Waals surface area contributed by atoms with E-state index in [0.717, 1.165) is 16.4 Å². The summed E-state index contributed by atoms with van der Waals surface area (Å²) in [6.07, 6.45) is -4.52. The summed E-state index contributed by atoms with van der Waals surface area (Å²) < 4.78 is 44.6. The summed E-state index contributed by atoms with van der Waals surface area (Å²) in [4.78, 5) is 16.2. The predicted molar refractivity (Wildman–Crippen MR) is 98.8 cm³/mol. The van der Waals surface area contributed by atoms with Crippen LogP contribution in [0.1, 0.15) is 11.4 Å². The number of aryl methyl sites for hydroxylation is 1. The molecule has 1 aromatic carbocycles. The molecule has 28 heavy (non-hydrogen) atoms. The number of carbonyl (C=O) groups is 1. The first kappa shape index (κ1) is 20.3. The molecule has 2 aromatic rings. The summed E-state index contributed by atoms with van der Waals surface area (Å²) in [5.41, 5.74) is 0.248. The topological polar surface area (TPSA) is 50.6 Å². The Kier molecular flexibility index (Phi) is 5.74. The zero-order chi connectivity index (χ0) is 20.5. The quantitative estimate of drug-likeness (QED) is 0.768. The highest BCUT2D eigenvalue weighted by molar-refractivity contribution is 6.32. The number of hydrogen-bond acceptors (Lipinski definition) is 4. The van der Waals surface area contributed by atoms with Crippen LogP contribution in [0.25, 0.3) is 0 Å². The Morgan fingerprint density at radius 3 is 2.46 bits per heavy atom. The van der Waals surface area contributed by atoms with E-state index in [2.05, 4.69) is 10.00 Å². The van der Waals surface area contributed by atoms with Gasteiger partial charge in [0.2, 0.25) is 5.91 Å². The van der Waals surface area contributed by atoms with Gasteiger partial charge in [0.25, 0.3) is 0 Å². The lowest BCUT2D eigenvalue weighted by atomic mass is 10.2. The third kappa shape index (κ3) is 4.35. The molecular weight excluding hydrogens is 397 g/mol. The SMILES string of the molecule is COc1cc(N2CCN(C(=O)Cn3nc(C(F)(F)F)cc3C)CC2)ccc1Cl. The highest BCUT2D eigenvalue weighted by Crippen LogP contribution is 2.30. The molecule has 1 saturated heterocycles. The maximum atomic E-state index is 12.8. The van der Waals surface area contributed by atoms with Crippen molar-refractivity contribution >= 4 is 23.2 Å². The fourth-order valence-electron chi connectivity index (χ4n) is 3.10. The summed E-state index contributed by atoms with van der Waals surface area (Å²) in [7, 11) is 1.54. The van der Waals surface area contributed by atoms with Crippen LogP contribution in [-0.4, -0.2) is 53.9 Å². The summed E-state index contributed by atoms with van der Waals surface area (Å²) in [5, 5.41) is 4.03. The molecular formula is C18H20ClF3N4O2. The lowest BCUT2D eigenvalue weighted by Crippen LogP contribution is -2.49. The summed E-state index contributed by atoms with van der Waals surface area (Å²) >= 11 is 6.04.